The summed E-state index contributed by atoms with van der Waals surface area (Å²) in [6.07, 6.45) is 1.85. The van der Waals surface area contributed by atoms with Crippen LogP contribution in [-0.4, -0.2) is 26.5 Å². The quantitative estimate of drug-likeness (QED) is 0.536. The predicted octanol–water partition coefficient (Wildman–Crippen LogP) is 4.26. The first kappa shape index (κ1) is 17.7. The minimum atomic E-state index is 0.0693. The molecule has 1 saturated heterocycles. The summed E-state index contributed by atoms with van der Waals surface area (Å²) in [6, 6.07) is 6.29. The van der Waals surface area contributed by atoms with Crippen molar-refractivity contribution < 1.29 is 0 Å². The maximum Gasteiger partial charge on any atom is 0.170 e. The normalized spacial score (nSPS) is 20.8. The van der Waals surface area contributed by atoms with Gasteiger partial charge in [0.1, 0.15) is 0 Å². The molecule has 128 valence electrons. The van der Waals surface area contributed by atoms with E-state index in [-0.39, 0.29) is 12.1 Å². The van der Waals surface area contributed by atoms with Gasteiger partial charge in [-0.3, -0.25) is 4.98 Å². The Balaban J connectivity index is 2.11. The minimum absolute atomic E-state index is 0.0693. The van der Waals surface area contributed by atoms with Crippen LogP contribution in [0.5, 0.6) is 0 Å². The number of rotatable bonds is 4. The Morgan fingerprint density at radius 1 is 1.29 bits per heavy atom. The number of thiocarbonyl (C=S) groups is 1. The van der Waals surface area contributed by atoms with Gasteiger partial charge >= 0.3 is 0 Å². The second-order valence-corrected chi connectivity index (χ2v) is 8.24. The van der Waals surface area contributed by atoms with E-state index in [0.717, 1.165) is 17.4 Å². The molecule has 0 radical (unpaired) electrons. The third-order valence-electron chi connectivity index (χ3n) is 4.40. The van der Waals surface area contributed by atoms with Gasteiger partial charge in [-0.25, -0.2) is 0 Å². The number of hydrogen-bond acceptors (Lipinski definition) is 2. The first-order valence-electron chi connectivity index (χ1n) is 8.22. The maximum atomic E-state index is 5.68. The first-order valence-corrected chi connectivity index (χ1v) is 9.71. The van der Waals surface area contributed by atoms with E-state index in [4.69, 9.17) is 12.2 Å². The zero-order valence-corrected chi connectivity index (χ0v) is 17.4. The molecule has 0 amide bonds. The second-order valence-electron chi connectivity index (χ2n) is 6.78. The average molecular weight is 454 g/mol. The molecule has 0 aromatic carbocycles. The standard InChI is InChI=1S/C18H23IN4S/c1-10(2)9-23-17(14-11(3)21-12(4)15(14)19)16(22-18(23)24)13-7-5-6-8-20-13/h5-8,10,16-17,21H,9H2,1-4H3,(H,22,24)/t16-,17+/m0/s1. The molecule has 2 N–H and O–H groups in total. The molecule has 6 heteroatoms. The summed E-state index contributed by atoms with van der Waals surface area (Å²) in [4.78, 5) is 10.4. The number of halogens is 1. The van der Waals surface area contributed by atoms with Crippen LogP contribution in [-0.2, 0) is 0 Å². The van der Waals surface area contributed by atoms with Gasteiger partial charge in [-0.05, 0) is 66.7 Å². The average Bonchev–Trinajstić information content (AvgIpc) is 2.97. The molecule has 3 heterocycles. The van der Waals surface area contributed by atoms with Crippen LogP contribution in [0.3, 0.4) is 0 Å². The van der Waals surface area contributed by atoms with Gasteiger partial charge < -0.3 is 15.2 Å². The van der Waals surface area contributed by atoms with Gasteiger partial charge in [0.2, 0.25) is 0 Å². The van der Waals surface area contributed by atoms with Crippen LogP contribution >= 0.6 is 34.8 Å². The van der Waals surface area contributed by atoms with E-state index < -0.39 is 0 Å². The molecule has 1 aliphatic rings. The van der Waals surface area contributed by atoms with Gasteiger partial charge in [-0.2, -0.15) is 0 Å². The number of nitrogens with zero attached hydrogens (tertiary/aromatic N) is 2. The van der Waals surface area contributed by atoms with E-state index in [0.29, 0.717) is 5.92 Å². The molecule has 0 saturated carbocycles. The van der Waals surface area contributed by atoms with Crippen molar-refractivity contribution in [3.05, 3.63) is 50.6 Å². The highest BCUT2D eigenvalue weighted by Crippen LogP contribution is 2.42. The Labute approximate surface area is 162 Å². The summed E-state index contributed by atoms with van der Waals surface area (Å²) < 4.78 is 1.29. The number of nitrogens with one attached hydrogen (secondary N) is 2. The van der Waals surface area contributed by atoms with Crippen molar-refractivity contribution >= 4 is 39.9 Å². The number of aromatic amines is 1. The number of aryl methyl sites for hydroxylation is 2. The first-order chi connectivity index (χ1) is 11.4. The van der Waals surface area contributed by atoms with E-state index in [1.807, 2.05) is 18.3 Å². The smallest absolute Gasteiger partial charge is 0.170 e. The summed E-state index contributed by atoms with van der Waals surface area (Å²) in [5, 5.41) is 4.33. The van der Waals surface area contributed by atoms with Gasteiger partial charge in [0.05, 0.1) is 17.8 Å². The van der Waals surface area contributed by atoms with Gasteiger partial charge in [-0.1, -0.05) is 19.9 Å². The summed E-state index contributed by atoms with van der Waals surface area (Å²) in [5.74, 6) is 0.535. The third kappa shape index (κ3) is 3.18. The van der Waals surface area contributed by atoms with Crippen molar-refractivity contribution in [1.82, 2.24) is 20.2 Å². The largest absolute Gasteiger partial charge is 0.362 e. The Morgan fingerprint density at radius 2 is 2.04 bits per heavy atom. The van der Waals surface area contributed by atoms with Gasteiger partial charge in [0.15, 0.2) is 5.11 Å². The predicted molar refractivity (Wildman–Crippen MR) is 110 cm³/mol. The molecule has 1 aliphatic heterocycles. The highest BCUT2D eigenvalue weighted by Gasteiger charge is 2.42. The van der Waals surface area contributed by atoms with E-state index in [1.165, 1.54) is 20.5 Å². The molecule has 3 rings (SSSR count). The molecule has 0 aliphatic carbocycles. The van der Waals surface area contributed by atoms with Crippen molar-refractivity contribution in [2.45, 2.75) is 39.8 Å². The highest BCUT2D eigenvalue weighted by molar-refractivity contribution is 14.1. The lowest BCUT2D eigenvalue weighted by Crippen LogP contribution is -2.33. The molecule has 0 spiro atoms. The zero-order chi connectivity index (χ0) is 17.4. The van der Waals surface area contributed by atoms with Crippen LogP contribution in [0.2, 0.25) is 0 Å². The monoisotopic (exact) mass is 454 g/mol. The number of pyridine rings is 1. The van der Waals surface area contributed by atoms with Crippen molar-refractivity contribution in [3.8, 4) is 0 Å². The summed E-state index contributed by atoms with van der Waals surface area (Å²) in [6.45, 7) is 9.66. The fraction of sp³-hybridized carbons (Fsp3) is 0.444. The second kappa shape index (κ2) is 7.00. The van der Waals surface area contributed by atoms with Crippen molar-refractivity contribution in [2.24, 2.45) is 5.92 Å². The zero-order valence-electron chi connectivity index (χ0n) is 14.4. The Bertz CT molecular complexity index is 741. The molecular weight excluding hydrogens is 431 g/mol. The van der Waals surface area contributed by atoms with Crippen molar-refractivity contribution in [2.75, 3.05) is 6.54 Å². The van der Waals surface area contributed by atoms with E-state index in [1.54, 1.807) is 0 Å². The molecule has 0 bridgehead atoms. The lowest BCUT2D eigenvalue weighted by atomic mass is 9.96. The van der Waals surface area contributed by atoms with Crippen LogP contribution in [0.25, 0.3) is 0 Å². The maximum absolute atomic E-state index is 5.68. The van der Waals surface area contributed by atoms with Crippen LogP contribution in [0.15, 0.2) is 24.4 Å². The molecule has 4 nitrogen and oxygen atoms in total. The van der Waals surface area contributed by atoms with Crippen LogP contribution < -0.4 is 5.32 Å². The number of aromatic nitrogens is 2. The summed E-state index contributed by atoms with van der Waals surface area (Å²) in [7, 11) is 0. The van der Waals surface area contributed by atoms with Crippen LogP contribution in [0, 0.1) is 23.3 Å². The summed E-state index contributed by atoms with van der Waals surface area (Å²) in [5.41, 5.74) is 4.79. The molecule has 2 atom stereocenters. The fourth-order valence-electron chi connectivity index (χ4n) is 3.43. The van der Waals surface area contributed by atoms with Gasteiger partial charge in [0.25, 0.3) is 0 Å². The minimum Gasteiger partial charge on any atom is -0.362 e. The SMILES string of the molecule is Cc1[nH]c(C)c([C@@H]2[C@H](c3ccccn3)NC(=S)N2CC(C)C)c1I. The molecule has 1 fully saturated rings. The Kier molecular flexibility index (Phi) is 5.15. The van der Waals surface area contributed by atoms with Gasteiger partial charge in [-0.15, -0.1) is 0 Å². The van der Waals surface area contributed by atoms with Crippen molar-refractivity contribution in [3.63, 3.8) is 0 Å². The Hall–Kier alpha value is -1.15. The highest BCUT2D eigenvalue weighted by atomic mass is 127. The summed E-state index contributed by atoms with van der Waals surface area (Å²) >= 11 is 8.13. The molecule has 24 heavy (non-hydrogen) atoms. The van der Waals surface area contributed by atoms with Crippen LogP contribution in [0.1, 0.15) is 48.6 Å². The van der Waals surface area contributed by atoms with Gasteiger partial charge in [0, 0.05) is 33.3 Å². The lowest BCUT2D eigenvalue weighted by molar-refractivity contribution is 0.286. The number of hydrogen-bond donors (Lipinski definition) is 2. The molecule has 2 aromatic rings. The molecule has 0 unspecified atom stereocenters. The van der Waals surface area contributed by atoms with Crippen LogP contribution in [0.4, 0.5) is 0 Å². The van der Waals surface area contributed by atoms with E-state index in [2.05, 4.69) is 76.5 Å². The van der Waals surface area contributed by atoms with E-state index >= 15 is 0 Å². The van der Waals surface area contributed by atoms with E-state index in [9.17, 15) is 0 Å². The lowest BCUT2D eigenvalue weighted by Gasteiger charge is -2.29. The Morgan fingerprint density at radius 3 is 2.58 bits per heavy atom. The topological polar surface area (TPSA) is 44.0 Å². The van der Waals surface area contributed by atoms with Crippen molar-refractivity contribution in [1.29, 1.82) is 0 Å². The third-order valence-corrected chi connectivity index (χ3v) is 6.14. The molecular formula is C18H23IN4S. The number of H-pyrrole nitrogens is 1. The molecule has 2 aromatic heterocycles. The fourth-order valence-corrected chi connectivity index (χ4v) is 4.60.